The van der Waals surface area contributed by atoms with E-state index in [1.165, 1.54) is 6.42 Å². The number of nitrogens with zero attached hydrogens (tertiary/aromatic N) is 4. The van der Waals surface area contributed by atoms with Gasteiger partial charge in [0.1, 0.15) is 5.82 Å². The van der Waals surface area contributed by atoms with Gasteiger partial charge in [0.05, 0.1) is 29.2 Å². The molecular weight excluding hydrogens is 502 g/mol. The highest BCUT2D eigenvalue weighted by atomic mass is 32.2. The van der Waals surface area contributed by atoms with Gasteiger partial charge in [0.2, 0.25) is 10.0 Å². The van der Waals surface area contributed by atoms with Gasteiger partial charge in [-0.15, -0.1) is 0 Å². The van der Waals surface area contributed by atoms with Crippen LogP contribution in [0.5, 0.6) is 0 Å². The van der Waals surface area contributed by atoms with E-state index >= 15 is 0 Å². The van der Waals surface area contributed by atoms with E-state index in [0.717, 1.165) is 66.8 Å². The second-order valence-electron chi connectivity index (χ2n) is 11.2. The van der Waals surface area contributed by atoms with Crippen LogP contribution in [0.25, 0.3) is 5.65 Å². The third-order valence-electron chi connectivity index (χ3n) is 8.14. The van der Waals surface area contributed by atoms with Crippen molar-refractivity contribution in [3.05, 3.63) is 52.8 Å². The van der Waals surface area contributed by atoms with Crippen LogP contribution in [0, 0.1) is 19.8 Å². The van der Waals surface area contributed by atoms with Crippen molar-refractivity contribution in [1.29, 1.82) is 0 Å². The maximum atomic E-state index is 13.8. The molecule has 1 unspecified atom stereocenters. The number of aromatic nitrogens is 3. The zero-order valence-corrected chi connectivity index (χ0v) is 22.9. The summed E-state index contributed by atoms with van der Waals surface area (Å²) in [5, 5.41) is 12.1. The van der Waals surface area contributed by atoms with Crippen molar-refractivity contribution in [2.24, 2.45) is 5.92 Å². The molecular formula is C27H35N7O3S. The second-order valence-corrected chi connectivity index (χ2v) is 12.9. The van der Waals surface area contributed by atoms with Gasteiger partial charge >= 0.3 is 0 Å². The van der Waals surface area contributed by atoms with Gasteiger partial charge in [-0.05, 0) is 64.0 Å². The van der Waals surface area contributed by atoms with Gasteiger partial charge in [-0.3, -0.25) is 9.52 Å². The molecule has 0 radical (unpaired) electrons. The Morgan fingerprint density at radius 2 is 2.00 bits per heavy atom. The van der Waals surface area contributed by atoms with Crippen LogP contribution in [-0.2, 0) is 10.0 Å². The molecule has 2 saturated heterocycles. The van der Waals surface area contributed by atoms with Crippen LogP contribution >= 0.6 is 0 Å². The fourth-order valence-corrected chi connectivity index (χ4v) is 6.86. The quantitative estimate of drug-likeness (QED) is 0.441. The average Bonchev–Trinajstić information content (AvgIpc) is 3.60. The summed E-state index contributed by atoms with van der Waals surface area (Å²) in [6.07, 6.45) is 8.11. The van der Waals surface area contributed by atoms with Crippen molar-refractivity contribution in [2.45, 2.75) is 64.1 Å². The van der Waals surface area contributed by atoms with Crippen LogP contribution in [-0.4, -0.2) is 65.3 Å². The second kappa shape index (κ2) is 9.53. The van der Waals surface area contributed by atoms with Gasteiger partial charge in [-0.2, -0.15) is 5.10 Å². The number of rotatable bonds is 6. The number of carbonyl (C=O) groups is 1. The van der Waals surface area contributed by atoms with Crippen LogP contribution in [0.3, 0.4) is 0 Å². The van der Waals surface area contributed by atoms with Gasteiger partial charge in [0.15, 0.2) is 5.65 Å². The molecule has 2 aromatic heterocycles. The van der Waals surface area contributed by atoms with Gasteiger partial charge in [0.25, 0.3) is 5.91 Å². The van der Waals surface area contributed by atoms with E-state index in [4.69, 9.17) is 10.1 Å². The number of nitrogens with one attached hydrogen (secondary N) is 3. The van der Waals surface area contributed by atoms with Crippen molar-refractivity contribution in [1.82, 2.24) is 24.8 Å². The Morgan fingerprint density at radius 3 is 2.74 bits per heavy atom. The van der Waals surface area contributed by atoms with Crippen molar-refractivity contribution in [3.8, 4) is 0 Å². The minimum atomic E-state index is -3.53. The highest BCUT2D eigenvalue weighted by molar-refractivity contribution is 7.92. The average molecular weight is 538 g/mol. The van der Waals surface area contributed by atoms with E-state index in [2.05, 4.69) is 15.4 Å². The van der Waals surface area contributed by atoms with E-state index < -0.39 is 10.0 Å². The molecule has 10 nitrogen and oxygen atoms in total. The Morgan fingerprint density at radius 1 is 1.16 bits per heavy atom. The Bertz CT molecular complexity index is 1500. The molecule has 3 aromatic rings. The first-order valence-electron chi connectivity index (χ1n) is 13.4. The number of likely N-dealkylation sites (tertiary alicyclic amines) is 1. The molecule has 1 aromatic carbocycles. The molecule has 1 amide bonds. The minimum absolute atomic E-state index is 0.196. The molecule has 38 heavy (non-hydrogen) atoms. The summed E-state index contributed by atoms with van der Waals surface area (Å²) < 4.78 is 28.2. The van der Waals surface area contributed by atoms with E-state index in [0.29, 0.717) is 35.8 Å². The van der Waals surface area contributed by atoms with Crippen LogP contribution in [0.15, 0.2) is 30.5 Å². The number of aryl methyl sites for hydroxylation is 2. The molecule has 3 aliphatic rings. The number of hydrogen-bond donors (Lipinski definition) is 3. The van der Waals surface area contributed by atoms with Crippen LogP contribution in [0.1, 0.15) is 65.3 Å². The summed E-state index contributed by atoms with van der Waals surface area (Å²) in [4.78, 5) is 20.6. The van der Waals surface area contributed by atoms with Crippen molar-refractivity contribution in [2.75, 3.05) is 29.4 Å². The molecule has 4 atom stereocenters. The number of hydrogen-bond acceptors (Lipinski definition) is 7. The highest BCUT2D eigenvalue weighted by Gasteiger charge is 2.39. The molecule has 1 saturated carbocycles. The van der Waals surface area contributed by atoms with Crippen molar-refractivity contribution in [3.63, 3.8) is 0 Å². The Labute approximate surface area is 223 Å². The third kappa shape index (κ3) is 4.84. The first-order valence-corrected chi connectivity index (χ1v) is 15.3. The maximum Gasteiger partial charge on any atom is 0.256 e. The first kappa shape index (κ1) is 25.1. The Balaban J connectivity index is 1.29. The fourth-order valence-electron chi connectivity index (χ4n) is 6.29. The van der Waals surface area contributed by atoms with Crippen LogP contribution in [0.2, 0.25) is 0 Å². The van der Waals surface area contributed by atoms with E-state index in [1.54, 1.807) is 22.7 Å². The van der Waals surface area contributed by atoms with Crippen molar-refractivity contribution < 1.29 is 13.2 Å². The topological polar surface area (TPSA) is 121 Å². The lowest BCUT2D eigenvalue weighted by Crippen LogP contribution is -2.39. The molecule has 3 N–H and O–H groups in total. The summed E-state index contributed by atoms with van der Waals surface area (Å²) in [6.45, 7) is 5.59. The van der Waals surface area contributed by atoms with Crippen LogP contribution < -0.4 is 15.4 Å². The smallest absolute Gasteiger partial charge is 0.256 e. The molecule has 2 aliphatic heterocycles. The highest BCUT2D eigenvalue weighted by Crippen LogP contribution is 2.35. The standard InChI is InChI=1S/C27H35N7O3S/c1-16-7-8-21(32-38(3,36)37)20(10-16)27(35)33-9-5-4-6-24(33)23-13-25-30-26(17(2)15-34(25)31-23)29-22-12-19-11-18(22)14-28-19/h7-8,10,13,15,18-19,22,24,28,32H,4-6,9,11-12,14H2,1-3H3,(H,29,30)/t18-,19-,22?,24+/m1/s1. The van der Waals surface area contributed by atoms with Gasteiger partial charge < -0.3 is 15.5 Å². The largest absolute Gasteiger partial charge is 0.367 e. The zero-order chi connectivity index (χ0) is 26.6. The van der Waals surface area contributed by atoms with Gasteiger partial charge in [0, 0.05) is 43.0 Å². The molecule has 2 bridgehead atoms. The number of sulfonamides is 1. The normalized spacial score (nSPS) is 25.2. The van der Waals surface area contributed by atoms with E-state index in [9.17, 15) is 13.2 Å². The summed E-state index contributed by atoms with van der Waals surface area (Å²) in [7, 11) is -3.53. The summed E-state index contributed by atoms with van der Waals surface area (Å²) >= 11 is 0. The molecule has 11 heteroatoms. The molecule has 3 fully saturated rings. The monoisotopic (exact) mass is 537 g/mol. The number of piperidine rings is 2. The summed E-state index contributed by atoms with van der Waals surface area (Å²) in [5.74, 6) is 1.34. The Kier molecular flexibility index (Phi) is 6.30. The van der Waals surface area contributed by atoms with Gasteiger partial charge in [-0.25, -0.2) is 17.9 Å². The molecule has 4 heterocycles. The fraction of sp³-hybridized carbons (Fsp3) is 0.519. The molecule has 0 spiro atoms. The summed E-state index contributed by atoms with van der Waals surface area (Å²) in [6, 6.07) is 8.02. The molecule has 6 rings (SSSR count). The maximum absolute atomic E-state index is 13.8. The lowest BCUT2D eigenvalue weighted by atomic mass is 9.97. The van der Waals surface area contributed by atoms with E-state index in [1.807, 2.05) is 31.0 Å². The van der Waals surface area contributed by atoms with E-state index in [-0.39, 0.29) is 11.9 Å². The number of anilines is 2. The first-order chi connectivity index (χ1) is 18.1. The lowest BCUT2D eigenvalue weighted by molar-refractivity contribution is 0.0606. The molecule has 202 valence electrons. The molecule has 1 aliphatic carbocycles. The number of carbonyl (C=O) groups excluding carboxylic acids is 1. The van der Waals surface area contributed by atoms with Crippen molar-refractivity contribution >= 4 is 33.1 Å². The predicted molar refractivity (Wildman–Crippen MR) is 147 cm³/mol. The SMILES string of the molecule is Cc1ccc(NS(C)(=O)=O)c(C(=O)N2CCCC[C@H]2c2cc3nc(NC4C[C@H]5C[C@@H]4CN5)c(C)cn3n2)c1. The number of amides is 1. The minimum Gasteiger partial charge on any atom is -0.367 e. The number of fused-ring (bicyclic) bond motifs is 3. The predicted octanol–water partition coefficient (Wildman–Crippen LogP) is 3.25. The summed E-state index contributed by atoms with van der Waals surface area (Å²) in [5.41, 5.74) is 4.13. The zero-order valence-electron chi connectivity index (χ0n) is 22.1. The Hall–Kier alpha value is -3.18. The van der Waals surface area contributed by atoms with Crippen LogP contribution in [0.4, 0.5) is 11.5 Å². The number of benzene rings is 1. The van der Waals surface area contributed by atoms with Gasteiger partial charge in [-0.1, -0.05) is 11.6 Å². The lowest BCUT2D eigenvalue weighted by Gasteiger charge is -2.35. The third-order valence-corrected chi connectivity index (χ3v) is 8.73.